The molecule has 0 aliphatic carbocycles. The number of carbonyl (C=O) groups excluding carboxylic acids is 1. The van der Waals surface area contributed by atoms with Crippen molar-refractivity contribution < 1.29 is 18.7 Å². The number of ether oxygens (including phenoxy) is 2. The van der Waals surface area contributed by atoms with E-state index in [0.29, 0.717) is 23.4 Å². The molecule has 0 N–H and O–H groups in total. The van der Waals surface area contributed by atoms with Crippen LogP contribution in [0.4, 0.5) is 4.39 Å². The van der Waals surface area contributed by atoms with Crippen LogP contribution >= 0.6 is 15.9 Å². The van der Waals surface area contributed by atoms with Gasteiger partial charge < -0.3 is 9.47 Å². The fraction of sp³-hybridized carbons (Fsp3) is 0.417. The largest absolute Gasteiger partial charge is 0.485 e. The van der Waals surface area contributed by atoms with E-state index in [9.17, 15) is 9.18 Å². The predicted octanol–water partition coefficient (Wildman–Crippen LogP) is 2.57. The van der Waals surface area contributed by atoms with E-state index in [4.69, 9.17) is 9.47 Å². The van der Waals surface area contributed by atoms with Crippen LogP contribution in [0.2, 0.25) is 0 Å². The quantitative estimate of drug-likeness (QED) is 0.857. The van der Waals surface area contributed by atoms with Crippen molar-refractivity contribution in [3.63, 3.8) is 0 Å². The van der Waals surface area contributed by atoms with Crippen LogP contribution in [0.5, 0.6) is 5.75 Å². The predicted molar refractivity (Wildman–Crippen MR) is 63.5 cm³/mol. The first-order valence-electron chi connectivity index (χ1n) is 5.35. The number of carbonyl (C=O) groups is 1. The SMILES string of the molecule is O=C(COc1cc(F)ccc1Br)C1CCOC1. The summed E-state index contributed by atoms with van der Waals surface area (Å²) < 4.78 is 24.0. The van der Waals surface area contributed by atoms with Crippen LogP contribution in [0, 0.1) is 11.7 Å². The van der Waals surface area contributed by atoms with Gasteiger partial charge in [-0.2, -0.15) is 0 Å². The third kappa shape index (κ3) is 3.26. The van der Waals surface area contributed by atoms with Gasteiger partial charge in [0.1, 0.15) is 18.2 Å². The second-order valence-electron chi connectivity index (χ2n) is 3.89. The summed E-state index contributed by atoms with van der Waals surface area (Å²) in [4.78, 5) is 11.7. The highest BCUT2D eigenvalue weighted by molar-refractivity contribution is 9.10. The third-order valence-electron chi connectivity index (χ3n) is 2.65. The zero-order chi connectivity index (χ0) is 12.3. The van der Waals surface area contributed by atoms with E-state index >= 15 is 0 Å². The highest BCUT2D eigenvalue weighted by Gasteiger charge is 2.23. The number of Topliss-reactive ketones (excluding diaryl/α,β-unsaturated/α-hetero) is 1. The molecule has 1 aromatic rings. The Kier molecular flexibility index (Phi) is 4.12. The van der Waals surface area contributed by atoms with Crippen molar-refractivity contribution in [1.82, 2.24) is 0 Å². The van der Waals surface area contributed by atoms with E-state index in [1.165, 1.54) is 12.1 Å². The lowest BCUT2D eigenvalue weighted by Gasteiger charge is -2.10. The van der Waals surface area contributed by atoms with Crippen LogP contribution < -0.4 is 4.74 Å². The van der Waals surface area contributed by atoms with E-state index in [1.807, 2.05) is 0 Å². The van der Waals surface area contributed by atoms with E-state index in [-0.39, 0.29) is 24.1 Å². The first kappa shape index (κ1) is 12.5. The van der Waals surface area contributed by atoms with Crippen molar-refractivity contribution in [2.75, 3.05) is 19.8 Å². The molecule has 0 bridgehead atoms. The highest BCUT2D eigenvalue weighted by Crippen LogP contribution is 2.25. The van der Waals surface area contributed by atoms with Gasteiger partial charge >= 0.3 is 0 Å². The van der Waals surface area contributed by atoms with Gasteiger partial charge in [0.15, 0.2) is 5.78 Å². The Morgan fingerprint density at radius 2 is 2.41 bits per heavy atom. The van der Waals surface area contributed by atoms with E-state index in [1.54, 1.807) is 6.07 Å². The monoisotopic (exact) mass is 302 g/mol. The minimum absolute atomic E-state index is 0.00124. The van der Waals surface area contributed by atoms with Crippen molar-refractivity contribution in [3.05, 3.63) is 28.5 Å². The molecule has 1 aliphatic heterocycles. The Bertz CT molecular complexity index is 416. The Hall–Kier alpha value is -0.940. The molecule has 1 atom stereocenters. The van der Waals surface area contributed by atoms with Gasteiger partial charge in [-0.1, -0.05) is 0 Å². The highest BCUT2D eigenvalue weighted by atomic mass is 79.9. The number of halogens is 2. The molecular formula is C12H12BrFO3. The minimum Gasteiger partial charge on any atom is -0.485 e. The number of rotatable bonds is 4. The van der Waals surface area contributed by atoms with Crippen LogP contribution in [-0.2, 0) is 9.53 Å². The summed E-state index contributed by atoms with van der Waals surface area (Å²) in [5.41, 5.74) is 0. The summed E-state index contributed by atoms with van der Waals surface area (Å²) in [5.74, 6) is -0.127. The molecule has 1 saturated heterocycles. The number of ketones is 1. The second-order valence-corrected chi connectivity index (χ2v) is 4.74. The normalized spacial score (nSPS) is 19.3. The lowest BCUT2D eigenvalue weighted by molar-refractivity contribution is -0.124. The Morgan fingerprint density at radius 1 is 1.59 bits per heavy atom. The van der Waals surface area contributed by atoms with Gasteiger partial charge in [-0.05, 0) is 34.5 Å². The Balaban J connectivity index is 1.92. The smallest absolute Gasteiger partial charge is 0.175 e. The molecule has 1 unspecified atom stereocenters. The van der Waals surface area contributed by atoms with Crippen molar-refractivity contribution in [2.45, 2.75) is 6.42 Å². The minimum atomic E-state index is -0.389. The lowest BCUT2D eigenvalue weighted by atomic mass is 10.0. The van der Waals surface area contributed by atoms with Crippen molar-refractivity contribution >= 4 is 21.7 Å². The maximum absolute atomic E-state index is 13.0. The average molecular weight is 303 g/mol. The van der Waals surface area contributed by atoms with E-state index in [0.717, 1.165) is 6.42 Å². The summed E-state index contributed by atoms with van der Waals surface area (Å²) in [6.07, 6.45) is 0.743. The first-order valence-corrected chi connectivity index (χ1v) is 6.14. The third-order valence-corrected chi connectivity index (χ3v) is 3.30. The van der Waals surface area contributed by atoms with Gasteiger partial charge in [0.05, 0.1) is 11.1 Å². The molecule has 1 fully saturated rings. The standard InChI is InChI=1S/C12H12BrFO3/c13-10-2-1-9(14)5-12(10)17-7-11(15)8-3-4-16-6-8/h1-2,5,8H,3-4,6-7H2. The molecule has 0 amide bonds. The summed E-state index contributed by atoms with van der Waals surface area (Å²) >= 11 is 3.24. The van der Waals surface area contributed by atoms with Crippen molar-refractivity contribution in [3.8, 4) is 5.75 Å². The summed E-state index contributed by atoms with van der Waals surface area (Å²) in [6, 6.07) is 4.12. The Labute approximate surface area is 107 Å². The average Bonchev–Trinajstić information content (AvgIpc) is 2.83. The molecule has 5 heteroatoms. The maximum atomic E-state index is 13.0. The zero-order valence-electron chi connectivity index (χ0n) is 9.12. The fourth-order valence-electron chi connectivity index (χ4n) is 1.64. The van der Waals surface area contributed by atoms with Gasteiger partial charge in [-0.25, -0.2) is 4.39 Å². The zero-order valence-corrected chi connectivity index (χ0v) is 10.7. The molecule has 0 spiro atoms. The molecule has 1 heterocycles. The van der Waals surface area contributed by atoms with Crippen LogP contribution in [-0.4, -0.2) is 25.6 Å². The summed E-state index contributed by atoms with van der Waals surface area (Å²) in [5, 5.41) is 0. The van der Waals surface area contributed by atoms with Crippen molar-refractivity contribution in [2.24, 2.45) is 5.92 Å². The van der Waals surface area contributed by atoms with Gasteiger partial charge in [0, 0.05) is 18.6 Å². The maximum Gasteiger partial charge on any atom is 0.175 e. The van der Waals surface area contributed by atoms with Crippen LogP contribution in [0.3, 0.4) is 0 Å². The molecule has 0 aromatic heterocycles. The van der Waals surface area contributed by atoms with Crippen LogP contribution in [0.1, 0.15) is 6.42 Å². The number of hydrogen-bond donors (Lipinski definition) is 0. The van der Waals surface area contributed by atoms with E-state index < -0.39 is 0 Å². The molecule has 1 aromatic carbocycles. The van der Waals surface area contributed by atoms with Crippen molar-refractivity contribution in [1.29, 1.82) is 0 Å². The molecule has 3 nitrogen and oxygen atoms in total. The molecule has 2 rings (SSSR count). The fourth-order valence-corrected chi connectivity index (χ4v) is 2.00. The molecular weight excluding hydrogens is 291 g/mol. The summed E-state index contributed by atoms with van der Waals surface area (Å²) in [7, 11) is 0. The molecule has 92 valence electrons. The molecule has 0 radical (unpaired) electrons. The second kappa shape index (κ2) is 5.60. The first-order chi connectivity index (χ1) is 8.16. The van der Waals surface area contributed by atoms with E-state index in [2.05, 4.69) is 15.9 Å². The number of hydrogen-bond acceptors (Lipinski definition) is 3. The molecule has 0 saturated carbocycles. The topological polar surface area (TPSA) is 35.5 Å². The summed E-state index contributed by atoms with van der Waals surface area (Å²) in [6.45, 7) is 1.04. The molecule has 17 heavy (non-hydrogen) atoms. The van der Waals surface area contributed by atoms with Gasteiger partial charge in [0.25, 0.3) is 0 Å². The number of benzene rings is 1. The van der Waals surface area contributed by atoms with Crippen LogP contribution in [0.25, 0.3) is 0 Å². The van der Waals surface area contributed by atoms with Gasteiger partial charge in [-0.15, -0.1) is 0 Å². The van der Waals surface area contributed by atoms with Crippen LogP contribution in [0.15, 0.2) is 22.7 Å². The lowest BCUT2D eigenvalue weighted by Crippen LogP contribution is -2.21. The Morgan fingerprint density at radius 3 is 3.12 bits per heavy atom. The molecule has 1 aliphatic rings. The van der Waals surface area contributed by atoms with Gasteiger partial charge in [0.2, 0.25) is 0 Å². The van der Waals surface area contributed by atoms with Gasteiger partial charge in [-0.3, -0.25) is 4.79 Å².